The summed E-state index contributed by atoms with van der Waals surface area (Å²) in [6.07, 6.45) is 12.4. The third kappa shape index (κ3) is 2.19. The molecule has 1 heterocycles. The molecule has 2 atom stereocenters. The van der Waals surface area contributed by atoms with Gasteiger partial charge in [0.05, 0.1) is 12.7 Å². The maximum atomic E-state index is 6.07. The topological polar surface area (TPSA) is 18.5 Å². The van der Waals surface area contributed by atoms with Crippen molar-refractivity contribution in [2.45, 2.75) is 57.3 Å². The van der Waals surface area contributed by atoms with Crippen molar-refractivity contribution in [3.8, 4) is 12.3 Å². The lowest BCUT2D eigenvalue weighted by molar-refractivity contribution is -0.189. The van der Waals surface area contributed by atoms with E-state index in [1.54, 1.807) is 0 Å². The standard InChI is InChI=1S/C13H20O2/c1-3-11(4-2)12-10-14-13(15-12)8-6-5-7-9-13/h1,11-12H,4-10H2,2H3/t11-,12-/m1/s1. The molecule has 2 aliphatic rings. The quantitative estimate of drug-likeness (QED) is 0.650. The second-order valence-corrected chi connectivity index (χ2v) is 4.62. The van der Waals surface area contributed by atoms with Crippen molar-refractivity contribution >= 4 is 0 Å². The molecule has 0 N–H and O–H groups in total. The first-order valence-electron chi connectivity index (χ1n) is 6.07. The van der Waals surface area contributed by atoms with Crippen LogP contribution < -0.4 is 0 Å². The molecule has 1 saturated carbocycles. The summed E-state index contributed by atoms with van der Waals surface area (Å²) in [6.45, 7) is 2.79. The maximum absolute atomic E-state index is 6.07. The zero-order chi connectivity index (χ0) is 10.7. The van der Waals surface area contributed by atoms with Gasteiger partial charge < -0.3 is 9.47 Å². The van der Waals surface area contributed by atoms with Gasteiger partial charge in [-0.2, -0.15) is 0 Å². The van der Waals surface area contributed by atoms with Crippen LogP contribution in [0.2, 0.25) is 0 Å². The van der Waals surface area contributed by atoms with Crippen molar-refractivity contribution < 1.29 is 9.47 Å². The number of hydrogen-bond acceptors (Lipinski definition) is 2. The van der Waals surface area contributed by atoms with Crippen LogP contribution in [0.5, 0.6) is 0 Å². The molecule has 2 rings (SSSR count). The van der Waals surface area contributed by atoms with Crippen LogP contribution in [0.1, 0.15) is 45.4 Å². The Balaban J connectivity index is 1.96. The summed E-state index contributed by atoms with van der Waals surface area (Å²) < 4.78 is 11.9. The molecule has 0 aromatic carbocycles. The van der Waals surface area contributed by atoms with Crippen molar-refractivity contribution in [1.82, 2.24) is 0 Å². The van der Waals surface area contributed by atoms with Gasteiger partial charge in [0.2, 0.25) is 0 Å². The van der Waals surface area contributed by atoms with E-state index in [0.717, 1.165) is 19.3 Å². The Morgan fingerprint density at radius 1 is 1.40 bits per heavy atom. The molecule has 1 aliphatic heterocycles. The Kier molecular flexibility index (Phi) is 3.33. The summed E-state index contributed by atoms with van der Waals surface area (Å²) in [5.74, 6) is 2.75. The molecule has 2 heteroatoms. The monoisotopic (exact) mass is 208 g/mol. The highest BCUT2D eigenvalue weighted by atomic mass is 16.7. The molecule has 2 nitrogen and oxygen atoms in total. The molecule has 1 spiro atoms. The number of hydrogen-bond donors (Lipinski definition) is 0. The highest BCUT2D eigenvalue weighted by Gasteiger charge is 2.43. The summed E-state index contributed by atoms with van der Waals surface area (Å²) >= 11 is 0. The highest BCUT2D eigenvalue weighted by molar-refractivity contribution is 4.99. The van der Waals surface area contributed by atoms with Gasteiger partial charge in [-0.3, -0.25) is 0 Å². The summed E-state index contributed by atoms with van der Waals surface area (Å²) in [5.41, 5.74) is 0. The number of ether oxygens (including phenoxy) is 2. The lowest BCUT2D eigenvalue weighted by Crippen LogP contribution is -2.34. The van der Waals surface area contributed by atoms with Gasteiger partial charge in [-0.05, 0) is 19.3 Å². The van der Waals surface area contributed by atoms with Crippen LogP contribution >= 0.6 is 0 Å². The van der Waals surface area contributed by atoms with E-state index in [1.807, 2.05) is 0 Å². The second kappa shape index (κ2) is 4.55. The highest BCUT2D eigenvalue weighted by Crippen LogP contribution is 2.39. The molecule has 1 aliphatic carbocycles. The summed E-state index contributed by atoms with van der Waals surface area (Å²) in [5, 5.41) is 0. The zero-order valence-electron chi connectivity index (χ0n) is 9.50. The van der Waals surface area contributed by atoms with Gasteiger partial charge in [0.1, 0.15) is 0 Å². The van der Waals surface area contributed by atoms with E-state index in [1.165, 1.54) is 19.3 Å². The molecule has 84 valence electrons. The van der Waals surface area contributed by atoms with Crippen LogP contribution in [-0.4, -0.2) is 18.5 Å². The van der Waals surface area contributed by atoms with E-state index in [2.05, 4.69) is 12.8 Å². The first-order chi connectivity index (χ1) is 7.29. The largest absolute Gasteiger partial charge is 0.347 e. The third-order valence-electron chi connectivity index (χ3n) is 3.59. The Labute approximate surface area is 92.3 Å². The third-order valence-corrected chi connectivity index (χ3v) is 3.59. The summed E-state index contributed by atoms with van der Waals surface area (Å²) in [6, 6.07) is 0. The lowest BCUT2D eigenvalue weighted by atomic mass is 9.94. The van der Waals surface area contributed by atoms with E-state index in [0.29, 0.717) is 6.61 Å². The first kappa shape index (κ1) is 11.0. The Bertz CT molecular complexity index is 248. The predicted octanol–water partition coefficient (Wildman–Crippen LogP) is 2.72. The minimum atomic E-state index is -0.271. The van der Waals surface area contributed by atoms with Gasteiger partial charge >= 0.3 is 0 Å². The van der Waals surface area contributed by atoms with Crippen LogP contribution in [0.3, 0.4) is 0 Å². The van der Waals surface area contributed by atoms with Gasteiger partial charge in [-0.25, -0.2) is 0 Å². The van der Waals surface area contributed by atoms with E-state index >= 15 is 0 Å². The van der Waals surface area contributed by atoms with Crippen molar-refractivity contribution in [3.05, 3.63) is 0 Å². The smallest absolute Gasteiger partial charge is 0.168 e. The predicted molar refractivity (Wildman–Crippen MR) is 59.3 cm³/mol. The first-order valence-corrected chi connectivity index (χ1v) is 6.07. The lowest BCUT2D eigenvalue weighted by Gasteiger charge is -2.32. The minimum Gasteiger partial charge on any atom is -0.347 e. The number of terminal acetylenes is 1. The summed E-state index contributed by atoms with van der Waals surface area (Å²) in [7, 11) is 0. The van der Waals surface area contributed by atoms with Crippen molar-refractivity contribution in [2.24, 2.45) is 5.92 Å². The van der Waals surface area contributed by atoms with Gasteiger partial charge in [-0.15, -0.1) is 12.3 Å². The van der Waals surface area contributed by atoms with Gasteiger partial charge in [0.15, 0.2) is 5.79 Å². The van der Waals surface area contributed by atoms with Crippen LogP contribution in [0.25, 0.3) is 0 Å². The second-order valence-electron chi connectivity index (χ2n) is 4.62. The van der Waals surface area contributed by atoms with E-state index in [-0.39, 0.29) is 17.8 Å². The molecule has 0 aromatic heterocycles. The van der Waals surface area contributed by atoms with Crippen LogP contribution in [-0.2, 0) is 9.47 Å². The molecule has 0 bridgehead atoms. The van der Waals surface area contributed by atoms with E-state index in [9.17, 15) is 0 Å². The fourth-order valence-electron chi connectivity index (χ4n) is 2.62. The SMILES string of the molecule is C#C[C@H](CC)[C@H]1COC2(CCCCC2)O1. The fraction of sp³-hybridized carbons (Fsp3) is 0.846. The van der Waals surface area contributed by atoms with Crippen molar-refractivity contribution in [3.63, 3.8) is 0 Å². The Morgan fingerprint density at radius 2 is 2.13 bits per heavy atom. The number of rotatable bonds is 2. The molecule has 0 unspecified atom stereocenters. The zero-order valence-corrected chi connectivity index (χ0v) is 9.50. The normalized spacial score (nSPS) is 31.3. The molecule has 1 saturated heterocycles. The average Bonchev–Trinajstić information content (AvgIpc) is 2.65. The molecular weight excluding hydrogens is 188 g/mol. The maximum Gasteiger partial charge on any atom is 0.168 e. The summed E-state index contributed by atoms with van der Waals surface area (Å²) in [4.78, 5) is 0. The van der Waals surface area contributed by atoms with Crippen LogP contribution in [0.4, 0.5) is 0 Å². The fourth-order valence-corrected chi connectivity index (χ4v) is 2.62. The Morgan fingerprint density at radius 3 is 2.73 bits per heavy atom. The van der Waals surface area contributed by atoms with Crippen molar-refractivity contribution in [1.29, 1.82) is 0 Å². The molecule has 15 heavy (non-hydrogen) atoms. The van der Waals surface area contributed by atoms with Crippen molar-refractivity contribution in [2.75, 3.05) is 6.61 Å². The average molecular weight is 208 g/mol. The molecule has 2 fully saturated rings. The minimum absolute atomic E-state index is 0.123. The molecular formula is C13H20O2. The van der Waals surface area contributed by atoms with E-state index in [4.69, 9.17) is 15.9 Å². The van der Waals surface area contributed by atoms with Crippen LogP contribution in [0.15, 0.2) is 0 Å². The Hall–Kier alpha value is -0.520. The van der Waals surface area contributed by atoms with Gasteiger partial charge in [-0.1, -0.05) is 13.3 Å². The molecule has 0 radical (unpaired) electrons. The van der Waals surface area contributed by atoms with Crippen LogP contribution in [0, 0.1) is 18.3 Å². The van der Waals surface area contributed by atoms with Gasteiger partial charge in [0.25, 0.3) is 0 Å². The molecule has 0 amide bonds. The van der Waals surface area contributed by atoms with Gasteiger partial charge in [0, 0.05) is 18.8 Å². The molecule has 0 aromatic rings. The van der Waals surface area contributed by atoms with E-state index < -0.39 is 0 Å².